The Bertz CT molecular complexity index is 3000. The van der Waals surface area contributed by atoms with Crippen LogP contribution in [0.3, 0.4) is 0 Å². The van der Waals surface area contributed by atoms with Gasteiger partial charge in [0.1, 0.15) is 61.6 Å². The molecule has 6 aromatic heterocycles. The number of aromatic nitrogens is 18. The van der Waals surface area contributed by atoms with Gasteiger partial charge in [-0.1, -0.05) is 0 Å². The maximum absolute atomic E-state index is 13.3. The van der Waals surface area contributed by atoms with Crippen LogP contribution in [0.4, 0.5) is 92.2 Å². The predicted molar refractivity (Wildman–Crippen MR) is 228 cm³/mol. The molecule has 0 N–H and O–H groups in total. The van der Waals surface area contributed by atoms with E-state index in [-0.39, 0.29) is 42.6 Å². The van der Waals surface area contributed by atoms with Crippen molar-refractivity contribution in [1.29, 1.82) is 0 Å². The van der Waals surface area contributed by atoms with Crippen LogP contribution in [-0.4, -0.2) is 124 Å². The molecule has 18 nitrogen and oxygen atoms in total. The molecule has 6 aromatic rings. The molecular weight excluding hydrogens is 1160 g/mol. The van der Waals surface area contributed by atoms with Crippen LogP contribution in [0.5, 0.6) is 0 Å². The highest BCUT2D eigenvalue weighted by Crippen LogP contribution is 2.63. The molecule has 81 heavy (non-hydrogen) atoms. The van der Waals surface area contributed by atoms with Gasteiger partial charge in [0, 0.05) is 80.1 Å². The van der Waals surface area contributed by atoms with E-state index in [2.05, 4.69) is 60.5 Å². The average molecular weight is 1200 g/mol. The molecule has 0 radical (unpaired) electrons. The van der Waals surface area contributed by atoms with Crippen molar-refractivity contribution in [2.24, 2.45) is 0 Å². The smallest absolute Gasteiger partial charge is 0.250 e. The van der Waals surface area contributed by atoms with Gasteiger partial charge in [0.15, 0.2) is 18.3 Å². The van der Waals surface area contributed by atoms with Gasteiger partial charge in [0.25, 0.3) is 0 Å². The second-order valence-electron chi connectivity index (χ2n) is 18.3. The molecule has 0 saturated heterocycles. The number of alkyl halides is 21. The lowest BCUT2D eigenvalue weighted by Crippen LogP contribution is -2.63. The largest absolute Gasteiger partial charge is 0.414 e. The normalized spacial score (nSPS) is 27.2. The Morgan fingerprint density at radius 1 is 0.457 bits per heavy atom. The minimum Gasteiger partial charge on any atom is -0.250 e. The van der Waals surface area contributed by atoms with Gasteiger partial charge in [0.2, 0.25) is 23.5 Å². The Morgan fingerprint density at radius 2 is 1.02 bits per heavy atom. The van der Waals surface area contributed by atoms with Crippen LogP contribution in [0.2, 0.25) is 0 Å². The molecule has 0 saturated carbocycles. The van der Waals surface area contributed by atoms with Crippen molar-refractivity contribution in [3.8, 4) is 0 Å². The minimum atomic E-state index is -7.05. The topological polar surface area (TPSA) is 184 Å². The van der Waals surface area contributed by atoms with Crippen molar-refractivity contribution in [1.82, 2.24) is 88.6 Å². The number of halogens is 21. The van der Waals surface area contributed by atoms with Crippen LogP contribution >= 0.6 is 0 Å². The van der Waals surface area contributed by atoms with E-state index in [9.17, 15) is 92.2 Å². The highest BCUT2D eigenvalue weighted by Gasteiger charge is 2.90. The first-order chi connectivity index (χ1) is 39.1. The molecule has 3 unspecified atom stereocenters. The molecule has 0 spiro atoms. The fraction of sp³-hybridized carbons (Fsp3) is 0.714. The van der Waals surface area contributed by atoms with Crippen molar-refractivity contribution < 1.29 is 97.7 Å². The van der Waals surface area contributed by atoms with Gasteiger partial charge in [-0.15, -0.1) is 0 Å². The van der Waals surface area contributed by atoms with Gasteiger partial charge in [-0.25, -0.2) is 74.7 Å². The lowest BCUT2D eigenvalue weighted by Gasteiger charge is -2.34. The number of aryl methyl sites for hydroxylation is 6. The summed E-state index contributed by atoms with van der Waals surface area (Å²) < 4.78 is 308. The second kappa shape index (κ2) is 23.3. The summed E-state index contributed by atoms with van der Waals surface area (Å²) in [5, 5.41) is 20.3. The van der Waals surface area contributed by atoms with Crippen molar-refractivity contribution in [3.05, 3.63) is 72.9 Å². The Kier molecular flexibility index (Phi) is 16.2. The molecule has 3 atom stereocenters. The van der Waals surface area contributed by atoms with Gasteiger partial charge in [-0.05, 0) is 38.5 Å². The quantitative estimate of drug-likeness (QED) is 0.131. The summed E-state index contributed by atoms with van der Waals surface area (Å²) in [6, 6.07) is -9.49. The van der Waals surface area contributed by atoms with Crippen LogP contribution in [0, 0.1) is 0 Å². The third-order valence-electron chi connectivity index (χ3n) is 12.5. The molecule has 6 aliphatic rings. The zero-order valence-electron chi connectivity index (χ0n) is 45.0. The lowest BCUT2D eigenvalue weighted by atomic mass is 9.99. The molecule has 0 amide bonds. The third kappa shape index (κ3) is 13.0. The van der Waals surface area contributed by atoms with Crippen LogP contribution in [0.25, 0.3) is 0 Å². The summed E-state index contributed by atoms with van der Waals surface area (Å²) in [5.41, 5.74) is 0. The Hall–Kier alpha value is -6.63. The predicted octanol–water partition coefficient (Wildman–Crippen LogP) is 10.3. The molecule has 12 heterocycles. The zero-order valence-corrected chi connectivity index (χ0v) is 41.0. The SMILES string of the molecule is FC1(F)CCCC(F)(F)n2ncnc21.FC1(F)CCc2ncnn2CC1.FC1(F)c2ncnn2C(F)(F)C(F)(F)C(F)(F)C1(F)F.FC1CCCC(F)n2ncnc21.FC1CCc2ncnn2CC1.[2H]C1([2H])CC(F)(F)CC([2H])([2H])n2ncnc21. The van der Waals surface area contributed by atoms with E-state index in [1.165, 1.54) is 19.0 Å². The number of rotatable bonds is 0. The average Bonchev–Trinajstić information content (AvgIpc) is 1.60. The molecular formula is C42H45F21N18. The van der Waals surface area contributed by atoms with Gasteiger partial charge in [-0.3, -0.25) is 4.68 Å². The van der Waals surface area contributed by atoms with Crippen molar-refractivity contribution in [2.75, 3.05) is 0 Å². The Labute approximate surface area is 447 Å². The zero-order chi connectivity index (χ0) is 63.2. The second-order valence-corrected chi connectivity index (χ2v) is 18.3. The lowest BCUT2D eigenvalue weighted by molar-refractivity contribution is -0.408. The summed E-state index contributed by atoms with van der Waals surface area (Å²) in [7, 11) is 0. The summed E-state index contributed by atoms with van der Waals surface area (Å²) in [5.74, 6) is -38.4. The maximum Gasteiger partial charge on any atom is 0.414 e. The number of fused-ring (bicyclic) bond motifs is 6. The molecule has 450 valence electrons. The fourth-order valence-electron chi connectivity index (χ4n) is 8.06. The number of hydrogen-bond donors (Lipinski definition) is 0. The summed E-state index contributed by atoms with van der Waals surface area (Å²) in [6.45, 7) is -1.47. The van der Waals surface area contributed by atoms with Crippen LogP contribution < -0.4 is 0 Å². The van der Waals surface area contributed by atoms with E-state index >= 15 is 0 Å². The van der Waals surface area contributed by atoms with Crippen LogP contribution in [-0.2, 0) is 62.7 Å². The Balaban J connectivity index is 0.000000148. The fourth-order valence-corrected chi connectivity index (χ4v) is 8.06. The van der Waals surface area contributed by atoms with E-state index in [1.54, 1.807) is 9.36 Å². The standard InChI is InChI=1S/C7HF10N3.C7H7F4N3.3C7H9F2N3.C7H10FN3/c8-3(9)2-18-1-19-20(2)7(16,17)6(14,15)5(12,13)4(3,10)11;8-6(9)2-1-3-7(10,11)14-5(6)12-4-13-14;2*8-7(9)2-1-6-10-5-11-12(6)4-3-7;8-5-2-1-3-6(9)12-7(5)10-4-11-12;8-6-1-2-7-9-5-10-11(7)4-3-6/h1H;4H,1-3H2;2*5H,1-4H2;4-6H,1-3H2;5-6H,1-4H2/i;;1D2,4D2;;;. The van der Waals surface area contributed by atoms with Crippen LogP contribution in [0.1, 0.15) is 130 Å². The molecule has 0 bridgehead atoms. The summed E-state index contributed by atoms with van der Waals surface area (Å²) in [4.78, 5) is 20.6. The van der Waals surface area contributed by atoms with Crippen molar-refractivity contribution in [2.45, 2.75) is 188 Å². The molecule has 0 aromatic carbocycles. The van der Waals surface area contributed by atoms with E-state index in [0.29, 0.717) is 55.6 Å². The Morgan fingerprint density at radius 3 is 1.70 bits per heavy atom. The number of hydrogen-bond acceptors (Lipinski definition) is 12. The van der Waals surface area contributed by atoms with E-state index in [1.807, 2.05) is 0 Å². The molecule has 12 rings (SSSR count). The first-order valence-corrected chi connectivity index (χ1v) is 23.8. The minimum absolute atomic E-state index is 0.0278. The molecule has 0 fully saturated rings. The van der Waals surface area contributed by atoms with Crippen molar-refractivity contribution >= 4 is 0 Å². The van der Waals surface area contributed by atoms with Gasteiger partial charge in [0.05, 0.1) is 2.74 Å². The highest BCUT2D eigenvalue weighted by molar-refractivity contribution is 5.18. The maximum atomic E-state index is 13.3. The first-order valence-electron chi connectivity index (χ1n) is 25.8. The van der Waals surface area contributed by atoms with Gasteiger partial charge >= 0.3 is 41.7 Å². The summed E-state index contributed by atoms with van der Waals surface area (Å²) in [6.07, 6.45) is -0.184. The van der Waals surface area contributed by atoms with Gasteiger partial charge < -0.3 is 0 Å². The molecule has 6 aliphatic heterocycles. The van der Waals surface area contributed by atoms with Crippen molar-refractivity contribution in [3.63, 3.8) is 0 Å². The molecule has 0 aliphatic carbocycles. The first kappa shape index (κ1) is 56.2. The van der Waals surface area contributed by atoms with E-state index < -0.39 is 133 Å². The third-order valence-corrected chi connectivity index (χ3v) is 12.5. The van der Waals surface area contributed by atoms with Gasteiger partial charge in [-0.2, -0.15) is 101 Å². The number of nitrogens with zero attached hydrogens (tertiary/aromatic N) is 18. The monoisotopic (exact) mass is 1200 g/mol. The van der Waals surface area contributed by atoms with E-state index in [4.69, 9.17) is 5.48 Å². The molecule has 39 heteroatoms. The van der Waals surface area contributed by atoms with Crippen LogP contribution in [0.15, 0.2) is 38.0 Å². The summed E-state index contributed by atoms with van der Waals surface area (Å²) >= 11 is 0. The van der Waals surface area contributed by atoms with E-state index in [0.717, 1.165) is 29.6 Å². The highest BCUT2D eigenvalue weighted by atomic mass is 19.4.